The van der Waals surface area contributed by atoms with Crippen molar-refractivity contribution in [2.24, 2.45) is 0 Å². The largest absolute Gasteiger partial charge is 0.479 e. The third kappa shape index (κ3) is 5.13. The lowest BCUT2D eigenvalue weighted by Crippen LogP contribution is -2.64. The van der Waals surface area contributed by atoms with Crippen molar-refractivity contribution in [2.75, 3.05) is 6.61 Å². The lowest BCUT2D eigenvalue weighted by atomic mass is 9.90. The Kier molecular flexibility index (Phi) is 6.88. The smallest absolute Gasteiger partial charge is 0.332 e. The number of amides is 1. The zero-order valence-electron chi connectivity index (χ0n) is 12.7. The summed E-state index contributed by atoms with van der Waals surface area (Å²) in [4.78, 5) is 33.7. The molecule has 1 rings (SSSR count). The van der Waals surface area contributed by atoms with E-state index >= 15 is 0 Å². The molecule has 1 fully saturated rings. The van der Waals surface area contributed by atoms with E-state index in [-0.39, 0.29) is 6.42 Å². The molecule has 0 unspecified atom stereocenters. The van der Waals surface area contributed by atoms with Gasteiger partial charge in [-0.25, -0.2) is 4.79 Å². The summed E-state index contributed by atoms with van der Waals surface area (Å²) in [6, 6.07) is -1.08. The number of aliphatic hydroxyl groups is 3. The lowest BCUT2D eigenvalue weighted by molar-refractivity contribution is -0.203. The fraction of sp³-hybridized carbons (Fsp3) is 0.769. The Morgan fingerprint density at radius 1 is 1.30 bits per heavy atom. The van der Waals surface area contributed by atoms with Crippen LogP contribution >= 0.6 is 0 Å². The molecular weight excluding hydrogens is 314 g/mol. The highest BCUT2D eigenvalue weighted by atomic mass is 16.6. The number of nitrogens with one attached hydrogen (secondary N) is 1. The molecule has 0 aromatic heterocycles. The molecule has 10 heteroatoms. The van der Waals surface area contributed by atoms with Crippen LogP contribution in [0.3, 0.4) is 0 Å². The highest BCUT2D eigenvalue weighted by Gasteiger charge is 2.47. The maximum absolute atomic E-state index is 11.3. The predicted molar refractivity (Wildman–Crippen MR) is 73.2 cm³/mol. The van der Waals surface area contributed by atoms with Crippen LogP contribution in [0.25, 0.3) is 0 Å². The van der Waals surface area contributed by atoms with E-state index in [4.69, 9.17) is 19.7 Å². The topological polar surface area (TPSA) is 163 Å². The van der Waals surface area contributed by atoms with Gasteiger partial charge in [-0.3, -0.25) is 9.59 Å². The standard InChI is InChI=1S/C13H21NO9/c1-5(16)14-10-8(22-6(2)17)3-9(13(20)21)23-12(10)11(19)7(18)4-15/h7-12,15,18-19H,3-4H2,1-2H3,(H,14,16)(H,20,21)/t7-,8+,9-,10-,11-,12-/m1/s1. The van der Waals surface area contributed by atoms with Crippen molar-refractivity contribution in [3.05, 3.63) is 0 Å². The van der Waals surface area contributed by atoms with Crippen molar-refractivity contribution in [1.29, 1.82) is 0 Å². The van der Waals surface area contributed by atoms with Crippen molar-refractivity contribution in [3.8, 4) is 0 Å². The van der Waals surface area contributed by atoms with Gasteiger partial charge in [0.2, 0.25) is 5.91 Å². The van der Waals surface area contributed by atoms with Gasteiger partial charge < -0.3 is 35.2 Å². The Morgan fingerprint density at radius 2 is 1.91 bits per heavy atom. The second-order valence-electron chi connectivity index (χ2n) is 5.28. The average molecular weight is 335 g/mol. The molecule has 0 aliphatic carbocycles. The van der Waals surface area contributed by atoms with Crippen molar-refractivity contribution in [1.82, 2.24) is 5.32 Å². The fourth-order valence-electron chi connectivity index (χ4n) is 2.42. The third-order valence-corrected chi connectivity index (χ3v) is 3.40. The number of esters is 1. The molecular formula is C13H21NO9. The molecule has 1 amide bonds. The molecule has 6 atom stereocenters. The van der Waals surface area contributed by atoms with Crippen LogP contribution in [0.1, 0.15) is 20.3 Å². The first-order valence-corrected chi connectivity index (χ1v) is 6.97. The van der Waals surface area contributed by atoms with Crippen LogP contribution in [-0.4, -0.2) is 81.4 Å². The number of carbonyl (C=O) groups is 3. The van der Waals surface area contributed by atoms with Gasteiger partial charge in [-0.15, -0.1) is 0 Å². The van der Waals surface area contributed by atoms with Gasteiger partial charge in [0.1, 0.15) is 24.4 Å². The number of carbonyl (C=O) groups excluding carboxylic acids is 2. The van der Waals surface area contributed by atoms with Gasteiger partial charge in [0.15, 0.2) is 6.10 Å². The maximum Gasteiger partial charge on any atom is 0.332 e. The molecule has 1 saturated heterocycles. The Hall–Kier alpha value is -1.75. The Balaban J connectivity index is 3.12. The highest BCUT2D eigenvalue weighted by Crippen LogP contribution is 2.26. The molecule has 1 aliphatic heterocycles. The summed E-state index contributed by atoms with van der Waals surface area (Å²) in [6.07, 6.45) is -7.43. The predicted octanol–water partition coefficient (Wildman–Crippen LogP) is -2.62. The summed E-state index contributed by atoms with van der Waals surface area (Å²) in [5.74, 6) is -2.58. The number of carboxylic acids is 1. The van der Waals surface area contributed by atoms with Crippen LogP contribution in [0.4, 0.5) is 0 Å². The van der Waals surface area contributed by atoms with Crippen LogP contribution in [0.2, 0.25) is 0 Å². The number of carboxylic acid groups (broad SMARTS) is 1. The van der Waals surface area contributed by atoms with Crippen molar-refractivity contribution < 1.29 is 44.3 Å². The minimum Gasteiger partial charge on any atom is -0.479 e. The summed E-state index contributed by atoms with van der Waals surface area (Å²) in [6.45, 7) is 1.49. The van der Waals surface area contributed by atoms with E-state index < -0.39 is 61.0 Å². The molecule has 0 aromatic rings. The molecule has 132 valence electrons. The first-order chi connectivity index (χ1) is 10.7. The van der Waals surface area contributed by atoms with Gasteiger partial charge in [-0.05, 0) is 0 Å². The van der Waals surface area contributed by atoms with Crippen LogP contribution in [0.15, 0.2) is 0 Å². The molecule has 23 heavy (non-hydrogen) atoms. The molecule has 5 N–H and O–H groups in total. The van der Waals surface area contributed by atoms with Gasteiger partial charge in [0, 0.05) is 20.3 Å². The normalized spacial score (nSPS) is 30.1. The van der Waals surface area contributed by atoms with Crippen LogP contribution in [0.5, 0.6) is 0 Å². The van der Waals surface area contributed by atoms with E-state index in [0.717, 1.165) is 6.92 Å². The van der Waals surface area contributed by atoms with Gasteiger partial charge in [-0.1, -0.05) is 0 Å². The summed E-state index contributed by atoms with van der Waals surface area (Å²) in [5, 5.41) is 40.1. The minimum absolute atomic E-state index is 0.238. The number of hydrogen-bond donors (Lipinski definition) is 5. The number of rotatable bonds is 6. The Bertz CT molecular complexity index is 455. The summed E-state index contributed by atoms with van der Waals surface area (Å²) >= 11 is 0. The maximum atomic E-state index is 11.3. The number of aliphatic hydroxyl groups excluding tert-OH is 3. The lowest BCUT2D eigenvalue weighted by Gasteiger charge is -2.42. The van der Waals surface area contributed by atoms with E-state index in [1.165, 1.54) is 6.92 Å². The zero-order chi connectivity index (χ0) is 17.7. The second kappa shape index (κ2) is 8.20. The molecule has 0 saturated carbocycles. The molecule has 1 heterocycles. The van der Waals surface area contributed by atoms with Crippen LogP contribution in [0, 0.1) is 0 Å². The zero-order valence-corrected chi connectivity index (χ0v) is 12.7. The summed E-state index contributed by atoms with van der Waals surface area (Å²) in [7, 11) is 0. The second-order valence-corrected chi connectivity index (χ2v) is 5.28. The van der Waals surface area contributed by atoms with E-state index in [1.54, 1.807) is 0 Å². The monoisotopic (exact) mass is 335 g/mol. The van der Waals surface area contributed by atoms with Gasteiger partial charge in [0.25, 0.3) is 0 Å². The average Bonchev–Trinajstić information content (AvgIpc) is 2.45. The molecule has 10 nitrogen and oxygen atoms in total. The quantitative estimate of drug-likeness (QED) is 0.327. The molecule has 1 aliphatic rings. The summed E-state index contributed by atoms with van der Waals surface area (Å²) in [5.41, 5.74) is 0. The first-order valence-electron chi connectivity index (χ1n) is 6.97. The van der Waals surface area contributed by atoms with Crippen molar-refractivity contribution in [2.45, 2.75) is 56.8 Å². The van der Waals surface area contributed by atoms with E-state index in [2.05, 4.69) is 5.32 Å². The van der Waals surface area contributed by atoms with Crippen molar-refractivity contribution in [3.63, 3.8) is 0 Å². The van der Waals surface area contributed by atoms with E-state index in [0.29, 0.717) is 0 Å². The SMILES string of the molecule is CC(=O)N[C@H]1[C@H]([C@H](O)[C@H](O)CO)O[C@@H](C(=O)O)C[C@@H]1OC(C)=O. The van der Waals surface area contributed by atoms with E-state index in [1.807, 2.05) is 0 Å². The summed E-state index contributed by atoms with van der Waals surface area (Å²) < 4.78 is 10.3. The van der Waals surface area contributed by atoms with Gasteiger partial charge >= 0.3 is 11.9 Å². The molecule has 0 radical (unpaired) electrons. The minimum atomic E-state index is -1.70. The number of hydrogen-bond acceptors (Lipinski definition) is 8. The molecule has 0 bridgehead atoms. The van der Waals surface area contributed by atoms with E-state index in [9.17, 15) is 24.6 Å². The van der Waals surface area contributed by atoms with Crippen molar-refractivity contribution >= 4 is 17.8 Å². The van der Waals surface area contributed by atoms with Crippen LogP contribution < -0.4 is 5.32 Å². The molecule has 0 spiro atoms. The third-order valence-electron chi connectivity index (χ3n) is 3.40. The first kappa shape index (κ1) is 19.3. The van der Waals surface area contributed by atoms with Gasteiger partial charge in [0.05, 0.1) is 12.6 Å². The Morgan fingerprint density at radius 3 is 2.35 bits per heavy atom. The van der Waals surface area contributed by atoms with Crippen LogP contribution in [-0.2, 0) is 23.9 Å². The number of aliphatic carboxylic acids is 1. The highest BCUT2D eigenvalue weighted by molar-refractivity contribution is 5.74. The Labute approximate surface area is 132 Å². The van der Waals surface area contributed by atoms with Gasteiger partial charge in [-0.2, -0.15) is 0 Å². The number of ether oxygens (including phenoxy) is 2. The fourth-order valence-corrected chi connectivity index (χ4v) is 2.42. The molecule has 0 aromatic carbocycles.